The lowest BCUT2D eigenvalue weighted by Gasteiger charge is -2.32. The molecule has 1 aromatic rings. The van der Waals surface area contributed by atoms with E-state index < -0.39 is 0 Å². The number of benzene rings is 1. The van der Waals surface area contributed by atoms with Crippen LogP contribution in [0.3, 0.4) is 0 Å². The van der Waals surface area contributed by atoms with E-state index in [0.29, 0.717) is 19.5 Å². The third-order valence-electron chi connectivity index (χ3n) is 4.24. The SMILES string of the molecule is CN1CC(C(=O)N2CCCc3c(N)cccc32)CC1=O.Cl. The van der Waals surface area contributed by atoms with Crippen molar-refractivity contribution in [3.63, 3.8) is 0 Å². The quantitative estimate of drug-likeness (QED) is 0.798. The lowest BCUT2D eigenvalue weighted by atomic mass is 9.97. The van der Waals surface area contributed by atoms with E-state index in [1.54, 1.807) is 11.9 Å². The summed E-state index contributed by atoms with van der Waals surface area (Å²) in [6, 6.07) is 5.70. The first-order chi connectivity index (χ1) is 9.58. The zero-order valence-corrected chi connectivity index (χ0v) is 12.9. The third kappa shape index (κ3) is 2.70. The van der Waals surface area contributed by atoms with Crippen molar-refractivity contribution < 1.29 is 9.59 Å². The van der Waals surface area contributed by atoms with E-state index >= 15 is 0 Å². The molecule has 2 amide bonds. The maximum absolute atomic E-state index is 12.7. The Morgan fingerprint density at radius 3 is 2.81 bits per heavy atom. The summed E-state index contributed by atoms with van der Waals surface area (Å²) in [5.74, 6) is -0.123. The number of halogens is 1. The number of likely N-dealkylation sites (tertiary alicyclic amines) is 1. The van der Waals surface area contributed by atoms with Crippen LogP contribution in [0.4, 0.5) is 11.4 Å². The Hall–Kier alpha value is -1.75. The zero-order chi connectivity index (χ0) is 14.3. The van der Waals surface area contributed by atoms with Gasteiger partial charge in [0.05, 0.1) is 5.92 Å². The number of carbonyl (C=O) groups is 2. The Morgan fingerprint density at radius 2 is 2.14 bits per heavy atom. The summed E-state index contributed by atoms with van der Waals surface area (Å²) in [4.78, 5) is 27.7. The van der Waals surface area contributed by atoms with Crippen LogP contribution in [-0.2, 0) is 16.0 Å². The first-order valence-corrected chi connectivity index (χ1v) is 7.00. The van der Waals surface area contributed by atoms with Gasteiger partial charge in [0.15, 0.2) is 0 Å². The fourth-order valence-electron chi connectivity index (χ4n) is 3.13. The number of amides is 2. The molecule has 2 N–H and O–H groups in total. The number of nitrogens with two attached hydrogens (primary N) is 1. The second kappa shape index (κ2) is 5.93. The number of nitrogen functional groups attached to an aromatic ring is 1. The van der Waals surface area contributed by atoms with E-state index in [1.807, 2.05) is 23.1 Å². The van der Waals surface area contributed by atoms with Crippen molar-refractivity contribution in [1.29, 1.82) is 0 Å². The van der Waals surface area contributed by atoms with Crippen molar-refractivity contribution in [3.8, 4) is 0 Å². The van der Waals surface area contributed by atoms with Gasteiger partial charge in [-0.2, -0.15) is 0 Å². The van der Waals surface area contributed by atoms with E-state index in [-0.39, 0.29) is 30.1 Å². The van der Waals surface area contributed by atoms with Gasteiger partial charge in [0.25, 0.3) is 0 Å². The molecule has 114 valence electrons. The van der Waals surface area contributed by atoms with Crippen LogP contribution in [0.1, 0.15) is 18.4 Å². The van der Waals surface area contributed by atoms with E-state index in [9.17, 15) is 9.59 Å². The number of carbonyl (C=O) groups excluding carboxylic acids is 2. The maximum atomic E-state index is 12.7. The molecule has 1 unspecified atom stereocenters. The van der Waals surface area contributed by atoms with Gasteiger partial charge in [0, 0.05) is 37.9 Å². The molecule has 1 atom stereocenters. The molecule has 0 spiro atoms. The molecule has 5 nitrogen and oxygen atoms in total. The van der Waals surface area contributed by atoms with Crippen LogP contribution in [0, 0.1) is 5.92 Å². The molecule has 1 fully saturated rings. The fraction of sp³-hybridized carbons (Fsp3) is 0.467. The molecule has 3 rings (SSSR count). The smallest absolute Gasteiger partial charge is 0.232 e. The van der Waals surface area contributed by atoms with Gasteiger partial charge in [0.2, 0.25) is 11.8 Å². The number of hydrogen-bond acceptors (Lipinski definition) is 3. The molecule has 21 heavy (non-hydrogen) atoms. The Labute approximate surface area is 130 Å². The molecule has 0 aromatic heterocycles. The number of fused-ring (bicyclic) bond motifs is 1. The lowest BCUT2D eigenvalue weighted by molar-refractivity contribution is -0.127. The predicted octanol–water partition coefficient (Wildman–Crippen LogP) is 1.45. The van der Waals surface area contributed by atoms with E-state index in [2.05, 4.69) is 0 Å². The summed E-state index contributed by atoms with van der Waals surface area (Å²) in [5.41, 5.74) is 8.73. The molecule has 0 radical (unpaired) electrons. The molecule has 1 saturated heterocycles. The van der Waals surface area contributed by atoms with Gasteiger partial charge in [-0.05, 0) is 30.5 Å². The lowest BCUT2D eigenvalue weighted by Crippen LogP contribution is -2.40. The summed E-state index contributed by atoms with van der Waals surface area (Å²) < 4.78 is 0. The number of rotatable bonds is 1. The normalized spacial score (nSPS) is 21.0. The van der Waals surface area contributed by atoms with Gasteiger partial charge in [-0.15, -0.1) is 12.4 Å². The van der Waals surface area contributed by atoms with Gasteiger partial charge in [-0.3, -0.25) is 9.59 Å². The van der Waals surface area contributed by atoms with Crippen LogP contribution in [0.2, 0.25) is 0 Å². The van der Waals surface area contributed by atoms with Crippen LogP contribution in [0.25, 0.3) is 0 Å². The van der Waals surface area contributed by atoms with Crippen LogP contribution in [0.15, 0.2) is 18.2 Å². The van der Waals surface area contributed by atoms with Crippen molar-refractivity contribution >= 4 is 35.6 Å². The minimum Gasteiger partial charge on any atom is -0.398 e. The molecule has 0 saturated carbocycles. The summed E-state index contributed by atoms with van der Waals surface area (Å²) in [6.45, 7) is 1.23. The van der Waals surface area contributed by atoms with Gasteiger partial charge in [0.1, 0.15) is 0 Å². The Kier molecular flexibility index (Phi) is 4.42. The van der Waals surface area contributed by atoms with Crippen molar-refractivity contribution in [1.82, 2.24) is 4.90 Å². The molecule has 6 heteroatoms. The average Bonchev–Trinajstić information content (AvgIpc) is 2.78. The zero-order valence-electron chi connectivity index (χ0n) is 12.0. The maximum Gasteiger partial charge on any atom is 0.232 e. The average molecular weight is 310 g/mol. The fourth-order valence-corrected chi connectivity index (χ4v) is 3.13. The Morgan fingerprint density at radius 1 is 1.38 bits per heavy atom. The molecule has 2 aliphatic rings. The molecular weight excluding hydrogens is 290 g/mol. The van der Waals surface area contributed by atoms with E-state index in [1.165, 1.54) is 0 Å². The van der Waals surface area contributed by atoms with Crippen molar-refractivity contribution in [2.45, 2.75) is 19.3 Å². The number of anilines is 2. The molecular formula is C15H20ClN3O2. The highest BCUT2D eigenvalue weighted by molar-refractivity contribution is 6.00. The topological polar surface area (TPSA) is 66.6 Å². The Bertz CT molecular complexity index is 576. The second-order valence-electron chi connectivity index (χ2n) is 5.61. The molecule has 2 heterocycles. The number of hydrogen-bond donors (Lipinski definition) is 1. The Balaban J connectivity index is 0.00000161. The summed E-state index contributed by atoms with van der Waals surface area (Å²) in [6.07, 6.45) is 2.15. The molecule has 0 bridgehead atoms. The first kappa shape index (κ1) is 15.6. The van der Waals surface area contributed by atoms with Gasteiger partial charge in [-0.1, -0.05) is 6.07 Å². The number of nitrogens with zero attached hydrogens (tertiary/aromatic N) is 2. The summed E-state index contributed by atoms with van der Waals surface area (Å²) >= 11 is 0. The first-order valence-electron chi connectivity index (χ1n) is 7.00. The largest absolute Gasteiger partial charge is 0.398 e. The summed E-state index contributed by atoms with van der Waals surface area (Å²) in [7, 11) is 1.75. The van der Waals surface area contributed by atoms with Crippen LogP contribution < -0.4 is 10.6 Å². The molecule has 0 aliphatic carbocycles. The monoisotopic (exact) mass is 309 g/mol. The van der Waals surface area contributed by atoms with Crippen LogP contribution in [-0.4, -0.2) is 36.9 Å². The predicted molar refractivity (Wildman–Crippen MR) is 84.5 cm³/mol. The molecule has 1 aromatic carbocycles. The van der Waals surface area contributed by atoms with Crippen molar-refractivity contribution in [2.24, 2.45) is 5.92 Å². The van der Waals surface area contributed by atoms with Crippen molar-refractivity contribution in [2.75, 3.05) is 30.8 Å². The standard InChI is InChI=1S/C15H19N3O2.ClH/c1-17-9-10(8-14(17)19)15(20)18-7-3-4-11-12(16)5-2-6-13(11)18;/h2,5-6,10H,3-4,7-9,16H2,1H3;1H. The van der Waals surface area contributed by atoms with Gasteiger partial charge < -0.3 is 15.5 Å². The summed E-state index contributed by atoms with van der Waals surface area (Å²) in [5, 5.41) is 0. The highest BCUT2D eigenvalue weighted by Gasteiger charge is 2.36. The second-order valence-corrected chi connectivity index (χ2v) is 5.61. The van der Waals surface area contributed by atoms with E-state index in [4.69, 9.17) is 5.73 Å². The minimum atomic E-state index is -0.222. The highest BCUT2D eigenvalue weighted by atomic mass is 35.5. The minimum absolute atomic E-state index is 0. The van der Waals surface area contributed by atoms with Gasteiger partial charge in [-0.25, -0.2) is 0 Å². The van der Waals surface area contributed by atoms with E-state index in [0.717, 1.165) is 29.8 Å². The molecule has 2 aliphatic heterocycles. The highest BCUT2D eigenvalue weighted by Crippen LogP contribution is 2.33. The van der Waals surface area contributed by atoms with Crippen molar-refractivity contribution in [3.05, 3.63) is 23.8 Å². The van der Waals surface area contributed by atoms with Crippen LogP contribution in [0.5, 0.6) is 0 Å². The third-order valence-corrected chi connectivity index (χ3v) is 4.24. The van der Waals surface area contributed by atoms with Gasteiger partial charge >= 0.3 is 0 Å². The van der Waals surface area contributed by atoms with Crippen LogP contribution >= 0.6 is 12.4 Å².